The van der Waals surface area contributed by atoms with Crippen molar-refractivity contribution in [1.82, 2.24) is 30.1 Å². The summed E-state index contributed by atoms with van der Waals surface area (Å²) < 4.78 is 0. The number of anilines is 2. The molecule has 0 spiro atoms. The Morgan fingerprint density at radius 3 is 2.58 bits per heavy atom. The van der Waals surface area contributed by atoms with Crippen molar-refractivity contribution in [3.05, 3.63) is 59.4 Å². The van der Waals surface area contributed by atoms with Crippen LogP contribution < -0.4 is 15.5 Å². The van der Waals surface area contributed by atoms with Gasteiger partial charge < -0.3 is 15.1 Å². The van der Waals surface area contributed by atoms with Gasteiger partial charge in [0, 0.05) is 70.3 Å². The Kier molecular flexibility index (Phi) is 9.02. The molecular weight excluding hydrogens is 610 g/mol. The molecule has 4 aliphatic rings. The molecule has 4 aliphatic heterocycles. The van der Waals surface area contributed by atoms with Crippen LogP contribution in [-0.2, 0) is 9.59 Å². The van der Waals surface area contributed by atoms with Crippen LogP contribution >= 0.6 is 0 Å². The number of nitrogens with zero attached hydrogens (tertiary/aromatic N) is 7. The number of piperidine rings is 1. The van der Waals surface area contributed by atoms with E-state index >= 15 is 0 Å². The molecule has 7 rings (SSSR count). The van der Waals surface area contributed by atoms with Crippen molar-refractivity contribution in [1.29, 1.82) is 0 Å². The molecule has 0 saturated carbocycles. The second kappa shape index (κ2) is 13.7. The van der Waals surface area contributed by atoms with Crippen molar-refractivity contribution in [2.75, 3.05) is 63.1 Å². The Hall–Kier alpha value is -4.91. The van der Waals surface area contributed by atoms with Crippen LogP contribution in [0.25, 0.3) is 11.0 Å². The number of aromatic nitrogens is 2. The number of benzene rings is 2. The fraction of sp³-hybridized carbons (Fsp3) is 0.457. The van der Waals surface area contributed by atoms with Crippen LogP contribution in [0.3, 0.4) is 0 Å². The lowest BCUT2D eigenvalue weighted by Gasteiger charge is -2.34. The van der Waals surface area contributed by atoms with Gasteiger partial charge in [-0.3, -0.25) is 39.4 Å². The van der Waals surface area contributed by atoms with Gasteiger partial charge in [-0.1, -0.05) is 18.9 Å². The lowest BCUT2D eigenvalue weighted by atomic mass is 10.0. The molecule has 5 heterocycles. The zero-order valence-corrected chi connectivity index (χ0v) is 27.2. The molecule has 13 heteroatoms. The number of rotatable bonds is 11. The van der Waals surface area contributed by atoms with E-state index < -0.39 is 23.8 Å². The molecule has 2 N–H and O–H groups in total. The second-order valence-corrected chi connectivity index (χ2v) is 13.1. The minimum Gasteiger partial charge on any atom is -0.385 e. The van der Waals surface area contributed by atoms with E-state index in [-0.39, 0.29) is 35.8 Å². The van der Waals surface area contributed by atoms with Crippen molar-refractivity contribution in [3.63, 3.8) is 0 Å². The number of hydrogen-bond donors (Lipinski definition) is 2. The van der Waals surface area contributed by atoms with Gasteiger partial charge in [-0.2, -0.15) is 5.10 Å². The molecule has 4 amide bonds. The molecule has 2 saturated heterocycles. The molecular formula is C35H41N9O4. The normalized spacial score (nSPS) is 21.4. The van der Waals surface area contributed by atoms with Crippen LogP contribution in [0.4, 0.5) is 11.4 Å². The van der Waals surface area contributed by atoms with Gasteiger partial charge >= 0.3 is 0 Å². The summed E-state index contributed by atoms with van der Waals surface area (Å²) in [6, 6.07) is 10.4. The summed E-state index contributed by atoms with van der Waals surface area (Å²) in [4.78, 5) is 65.4. The molecule has 0 radical (unpaired) electrons. The second-order valence-electron chi connectivity index (χ2n) is 13.1. The maximum atomic E-state index is 13.1. The van der Waals surface area contributed by atoms with Gasteiger partial charge in [0.15, 0.2) is 0 Å². The van der Waals surface area contributed by atoms with Gasteiger partial charge in [-0.15, -0.1) is 0 Å². The molecule has 0 aliphatic carbocycles. The van der Waals surface area contributed by atoms with E-state index in [9.17, 15) is 19.2 Å². The third kappa shape index (κ3) is 6.46. The number of unbranched alkanes of at least 4 members (excludes halogenated alkanes) is 3. The maximum absolute atomic E-state index is 13.1. The first-order valence-corrected chi connectivity index (χ1v) is 16.9. The Morgan fingerprint density at radius 2 is 1.75 bits per heavy atom. The standard InChI is InChI=1S/C35H41N9O4/c1-41-15-17-42(18-16-41)29-8-6-7-27-32(29)39-28(21-37-27)23-20-38-43(22-23)14-5-3-2-4-13-36-24-9-10-25-26(19-24)35(48)44(34(25)47)30-11-12-31(45)40-33(30)46/h6-10,19-21,23,30,36H,2-5,11-18,22H2,1H3,(H,40,45,46). The number of para-hydroxylation sites is 1. The van der Waals surface area contributed by atoms with Gasteiger partial charge in [0.2, 0.25) is 11.8 Å². The minimum absolute atomic E-state index is 0.0984. The number of imide groups is 2. The molecule has 250 valence electrons. The predicted molar refractivity (Wildman–Crippen MR) is 182 cm³/mol. The van der Waals surface area contributed by atoms with Gasteiger partial charge in [0.05, 0.1) is 33.9 Å². The highest BCUT2D eigenvalue weighted by Crippen LogP contribution is 2.30. The first kappa shape index (κ1) is 31.7. The largest absolute Gasteiger partial charge is 0.385 e. The van der Waals surface area contributed by atoms with E-state index in [4.69, 9.17) is 9.97 Å². The number of fused-ring (bicyclic) bond motifs is 2. The molecule has 3 aromatic rings. The Balaban J connectivity index is 0.841. The number of piperazine rings is 1. The topological polar surface area (TPSA) is 143 Å². The molecule has 0 bridgehead atoms. The first-order chi connectivity index (χ1) is 23.4. The molecule has 1 aromatic heterocycles. The highest BCUT2D eigenvalue weighted by atomic mass is 16.2. The van der Waals surface area contributed by atoms with Gasteiger partial charge in [-0.05, 0) is 56.6 Å². The van der Waals surface area contributed by atoms with Crippen molar-refractivity contribution in [2.24, 2.45) is 5.10 Å². The highest BCUT2D eigenvalue weighted by molar-refractivity contribution is 6.23. The van der Waals surface area contributed by atoms with Gasteiger partial charge in [0.1, 0.15) is 11.6 Å². The first-order valence-electron chi connectivity index (χ1n) is 16.9. The number of carbonyl (C=O) groups is 4. The van der Waals surface area contributed by atoms with Crippen molar-refractivity contribution < 1.29 is 19.2 Å². The van der Waals surface area contributed by atoms with E-state index in [0.29, 0.717) is 0 Å². The summed E-state index contributed by atoms with van der Waals surface area (Å²) in [7, 11) is 2.16. The SMILES string of the molecule is CN1CCN(c2cccc3ncc(C4C=NN(CCCCCCNc5ccc6c(c5)C(=O)N(C5CCC(=O)NC5=O)C6=O)C4)nc23)CC1. The summed E-state index contributed by atoms with van der Waals surface area (Å²) in [6.45, 7) is 6.48. The van der Waals surface area contributed by atoms with Crippen LogP contribution in [0.15, 0.2) is 47.7 Å². The third-order valence-corrected chi connectivity index (χ3v) is 9.72. The number of amides is 4. The van der Waals surface area contributed by atoms with Crippen molar-refractivity contribution in [3.8, 4) is 0 Å². The average Bonchev–Trinajstić information content (AvgIpc) is 3.66. The zero-order chi connectivity index (χ0) is 33.2. The molecule has 2 unspecified atom stereocenters. The predicted octanol–water partition coefficient (Wildman–Crippen LogP) is 2.84. The summed E-state index contributed by atoms with van der Waals surface area (Å²) in [5, 5.41) is 12.4. The lowest BCUT2D eigenvalue weighted by molar-refractivity contribution is -0.136. The number of hydrazone groups is 1. The van der Waals surface area contributed by atoms with Crippen LogP contribution in [0.2, 0.25) is 0 Å². The Labute approximate surface area is 279 Å². The molecule has 13 nitrogen and oxygen atoms in total. The number of nitrogens with one attached hydrogen (secondary N) is 2. The van der Waals surface area contributed by atoms with Gasteiger partial charge in [0.25, 0.3) is 11.8 Å². The number of likely N-dealkylation sites (N-methyl/N-ethyl adjacent to an activating group) is 1. The fourth-order valence-corrected chi connectivity index (χ4v) is 6.91. The summed E-state index contributed by atoms with van der Waals surface area (Å²) in [5.41, 5.74) is 5.33. The molecule has 2 fully saturated rings. The van der Waals surface area contributed by atoms with Crippen molar-refractivity contribution >= 4 is 52.3 Å². The monoisotopic (exact) mass is 651 g/mol. The smallest absolute Gasteiger partial charge is 0.262 e. The van der Waals surface area contributed by atoms with Crippen LogP contribution in [-0.4, -0.2) is 114 Å². The van der Waals surface area contributed by atoms with Crippen LogP contribution in [0.1, 0.15) is 70.9 Å². The van der Waals surface area contributed by atoms with Gasteiger partial charge in [-0.25, -0.2) is 4.98 Å². The van der Waals surface area contributed by atoms with E-state index in [0.717, 1.165) is 104 Å². The van der Waals surface area contributed by atoms with Crippen molar-refractivity contribution in [2.45, 2.75) is 50.5 Å². The quantitative estimate of drug-likeness (QED) is 0.235. The molecule has 2 aromatic carbocycles. The fourth-order valence-electron chi connectivity index (χ4n) is 6.91. The van der Waals surface area contributed by atoms with E-state index in [1.807, 2.05) is 18.5 Å². The summed E-state index contributed by atoms with van der Waals surface area (Å²) in [6.07, 6.45) is 8.24. The Bertz CT molecular complexity index is 1770. The summed E-state index contributed by atoms with van der Waals surface area (Å²) in [5.74, 6) is -1.87. The van der Waals surface area contributed by atoms with E-state index in [1.54, 1.807) is 18.2 Å². The van der Waals surface area contributed by atoms with E-state index in [1.165, 1.54) is 0 Å². The third-order valence-electron chi connectivity index (χ3n) is 9.72. The maximum Gasteiger partial charge on any atom is 0.262 e. The number of hydrogen-bond acceptors (Lipinski definition) is 11. The zero-order valence-electron chi connectivity index (χ0n) is 27.2. The summed E-state index contributed by atoms with van der Waals surface area (Å²) >= 11 is 0. The van der Waals surface area contributed by atoms with Crippen LogP contribution in [0.5, 0.6) is 0 Å². The lowest BCUT2D eigenvalue weighted by Crippen LogP contribution is -2.54. The Morgan fingerprint density at radius 1 is 0.938 bits per heavy atom. The van der Waals surface area contributed by atoms with Crippen LogP contribution in [0, 0.1) is 0 Å². The molecule has 2 atom stereocenters. The molecule has 48 heavy (non-hydrogen) atoms. The highest BCUT2D eigenvalue weighted by Gasteiger charge is 2.44. The number of carbonyl (C=O) groups excluding carboxylic acids is 4. The van der Waals surface area contributed by atoms with E-state index in [2.05, 4.69) is 49.7 Å². The average molecular weight is 652 g/mol. The minimum atomic E-state index is -0.962.